The molecule has 108 valence electrons. The minimum atomic E-state index is -0.479. The number of ether oxygens (including phenoxy) is 1. The van der Waals surface area contributed by atoms with Crippen molar-refractivity contribution in [2.24, 2.45) is 11.0 Å². The first-order valence-electron chi connectivity index (χ1n) is 6.86. The lowest BCUT2D eigenvalue weighted by molar-refractivity contribution is -0.123. The molecule has 20 heavy (non-hydrogen) atoms. The molecule has 1 aliphatic rings. The van der Waals surface area contributed by atoms with Crippen molar-refractivity contribution in [3.63, 3.8) is 0 Å². The standard InChI is InChI=1S/C15H19FN2O2/c1-11-6-8-12(9-7-11)17-18-15(19)10-20-14-5-3-2-4-13(14)16/h2-5,11H,6-10H2,1H3,(H,18,19). The van der Waals surface area contributed by atoms with Crippen LogP contribution in [0.25, 0.3) is 0 Å². The Bertz CT molecular complexity index is 492. The molecule has 4 nitrogen and oxygen atoms in total. The van der Waals surface area contributed by atoms with Gasteiger partial charge in [-0.1, -0.05) is 19.1 Å². The Morgan fingerprint density at radius 1 is 1.40 bits per heavy atom. The predicted octanol–water partition coefficient (Wildman–Crippen LogP) is 2.89. The Morgan fingerprint density at radius 2 is 2.10 bits per heavy atom. The number of amides is 1. The molecule has 1 saturated carbocycles. The second-order valence-electron chi connectivity index (χ2n) is 5.11. The van der Waals surface area contributed by atoms with Crippen molar-refractivity contribution < 1.29 is 13.9 Å². The fourth-order valence-corrected chi connectivity index (χ4v) is 2.09. The largest absolute Gasteiger partial charge is 0.481 e. The van der Waals surface area contributed by atoms with Gasteiger partial charge in [0.2, 0.25) is 0 Å². The van der Waals surface area contributed by atoms with Gasteiger partial charge in [-0.2, -0.15) is 5.10 Å². The van der Waals surface area contributed by atoms with Gasteiger partial charge in [0, 0.05) is 5.71 Å². The van der Waals surface area contributed by atoms with Crippen LogP contribution in [-0.2, 0) is 4.79 Å². The van der Waals surface area contributed by atoms with Crippen LogP contribution in [0, 0.1) is 11.7 Å². The van der Waals surface area contributed by atoms with E-state index in [2.05, 4.69) is 17.5 Å². The first-order valence-corrected chi connectivity index (χ1v) is 6.86. The molecule has 0 aromatic heterocycles. The molecule has 5 heteroatoms. The Hall–Kier alpha value is -1.91. The minimum absolute atomic E-state index is 0.0711. The molecular weight excluding hydrogens is 259 g/mol. The highest BCUT2D eigenvalue weighted by Gasteiger charge is 2.14. The highest BCUT2D eigenvalue weighted by Crippen LogP contribution is 2.21. The van der Waals surface area contributed by atoms with E-state index in [1.807, 2.05) is 0 Å². The Balaban J connectivity index is 1.76. The van der Waals surface area contributed by atoms with E-state index in [1.165, 1.54) is 12.1 Å². The Morgan fingerprint density at radius 3 is 2.80 bits per heavy atom. The molecule has 0 heterocycles. The van der Waals surface area contributed by atoms with Crippen LogP contribution in [0.3, 0.4) is 0 Å². The number of rotatable bonds is 4. The summed E-state index contributed by atoms with van der Waals surface area (Å²) in [6.07, 6.45) is 4.08. The molecule has 0 saturated heterocycles. The maximum atomic E-state index is 13.3. The molecule has 0 aliphatic heterocycles. The van der Waals surface area contributed by atoms with Gasteiger partial charge in [0.05, 0.1) is 0 Å². The second-order valence-corrected chi connectivity index (χ2v) is 5.11. The van der Waals surface area contributed by atoms with E-state index in [-0.39, 0.29) is 18.3 Å². The number of benzene rings is 1. The average molecular weight is 278 g/mol. The molecule has 1 aromatic rings. The summed E-state index contributed by atoms with van der Waals surface area (Å²) in [5.41, 5.74) is 3.47. The highest BCUT2D eigenvalue weighted by atomic mass is 19.1. The van der Waals surface area contributed by atoms with Gasteiger partial charge in [-0.15, -0.1) is 0 Å². The summed E-state index contributed by atoms with van der Waals surface area (Å²) < 4.78 is 18.4. The van der Waals surface area contributed by atoms with Crippen molar-refractivity contribution >= 4 is 11.6 Å². The molecule has 1 aliphatic carbocycles. The van der Waals surface area contributed by atoms with Crippen molar-refractivity contribution in [3.8, 4) is 5.75 Å². The fraction of sp³-hybridized carbons (Fsp3) is 0.467. The van der Waals surface area contributed by atoms with E-state index >= 15 is 0 Å². The lowest BCUT2D eigenvalue weighted by Crippen LogP contribution is -2.26. The zero-order valence-electron chi connectivity index (χ0n) is 11.6. The Labute approximate surface area is 118 Å². The van der Waals surface area contributed by atoms with Crippen molar-refractivity contribution in [1.29, 1.82) is 0 Å². The van der Waals surface area contributed by atoms with E-state index in [4.69, 9.17) is 4.74 Å². The van der Waals surface area contributed by atoms with Crippen LogP contribution in [0.15, 0.2) is 29.4 Å². The van der Waals surface area contributed by atoms with Crippen LogP contribution < -0.4 is 10.2 Å². The first-order chi connectivity index (χ1) is 9.65. The van der Waals surface area contributed by atoms with Crippen LogP contribution in [0.5, 0.6) is 5.75 Å². The number of carbonyl (C=O) groups is 1. The molecule has 0 spiro atoms. The van der Waals surface area contributed by atoms with Crippen LogP contribution >= 0.6 is 0 Å². The van der Waals surface area contributed by atoms with Crippen molar-refractivity contribution in [2.45, 2.75) is 32.6 Å². The van der Waals surface area contributed by atoms with Gasteiger partial charge in [-0.05, 0) is 43.7 Å². The van der Waals surface area contributed by atoms with Crippen LogP contribution in [0.4, 0.5) is 4.39 Å². The third-order valence-electron chi connectivity index (χ3n) is 3.39. The number of para-hydroxylation sites is 1. The maximum Gasteiger partial charge on any atom is 0.277 e. The number of carbonyl (C=O) groups excluding carboxylic acids is 1. The monoisotopic (exact) mass is 278 g/mol. The SMILES string of the molecule is CC1CCC(=NNC(=O)COc2ccccc2F)CC1. The molecule has 0 radical (unpaired) electrons. The Kier molecular flexibility index (Phi) is 5.09. The van der Waals surface area contributed by atoms with E-state index in [0.29, 0.717) is 0 Å². The minimum Gasteiger partial charge on any atom is -0.481 e. The number of halogens is 1. The highest BCUT2D eigenvalue weighted by molar-refractivity contribution is 5.87. The number of hydrogen-bond donors (Lipinski definition) is 1. The zero-order valence-corrected chi connectivity index (χ0v) is 11.6. The lowest BCUT2D eigenvalue weighted by atomic mass is 9.90. The van der Waals surface area contributed by atoms with Crippen molar-refractivity contribution in [1.82, 2.24) is 5.43 Å². The third kappa shape index (κ3) is 4.33. The summed E-state index contributed by atoms with van der Waals surface area (Å²) in [5.74, 6) is -0.0527. The maximum absolute atomic E-state index is 13.3. The normalized spacial score (nSPS) is 18.5. The van der Waals surface area contributed by atoms with Crippen molar-refractivity contribution in [3.05, 3.63) is 30.1 Å². The number of nitrogens with one attached hydrogen (secondary N) is 1. The molecule has 0 unspecified atom stereocenters. The topological polar surface area (TPSA) is 50.7 Å². The van der Waals surface area contributed by atoms with E-state index in [1.54, 1.807) is 12.1 Å². The molecular formula is C15H19FN2O2. The van der Waals surface area contributed by atoms with Gasteiger partial charge in [-0.25, -0.2) is 9.82 Å². The molecule has 1 fully saturated rings. The van der Waals surface area contributed by atoms with Crippen molar-refractivity contribution in [2.75, 3.05) is 6.61 Å². The van der Waals surface area contributed by atoms with Gasteiger partial charge in [-0.3, -0.25) is 4.79 Å². The summed E-state index contributed by atoms with van der Waals surface area (Å²) >= 11 is 0. The van der Waals surface area contributed by atoms with Gasteiger partial charge in [0.15, 0.2) is 18.2 Å². The summed E-state index contributed by atoms with van der Waals surface area (Å²) in [4.78, 5) is 11.6. The van der Waals surface area contributed by atoms with Gasteiger partial charge >= 0.3 is 0 Å². The second kappa shape index (κ2) is 7.03. The quantitative estimate of drug-likeness (QED) is 0.861. The predicted molar refractivity (Wildman–Crippen MR) is 75.1 cm³/mol. The number of hydrazone groups is 1. The van der Waals surface area contributed by atoms with Crippen LogP contribution in [-0.4, -0.2) is 18.2 Å². The molecule has 2 rings (SSSR count). The molecule has 0 atom stereocenters. The van der Waals surface area contributed by atoms with Gasteiger partial charge < -0.3 is 4.74 Å². The smallest absolute Gasteiger partial charge is 0.277 e. The van der Waals surface area contributed by atoms with Crippen LogP contribution in [0.2, 0.25) is 0 Å². The number of nitrogens with zero attached hydrogens (tertiary/aromatic N) is 1. The fourth-order valence-electron chi connectivity index (χ4n) is 2.09. The molecule has 1 aromatic carbocycles. The van der Waals surface area contributed by atoms with E-state index in [9.17, 15) is 9.18 Å². The summed E-state index contributed by atoms with van der Waals surface area (Å²) in [6.45, 7) is 1.98. The molecule has 1 N–H and O–H groups in total. The lowest BCUT2D eigenvalue weighted by Gasteiger charge is -2.18. The summed E-state index contributed by atoms with van der Waals surface area (Å²) in [6, 6.07) is 5.99. The van der Waals surface area contributed by atoms with Gasteiger partial charge in [0.25, 0.3) is 5.91 Å². The summed E-state index contributed by atoms with van der Waals surface area (Å²) in [7, 11) is 0. The van der Waals surface area contributed by atoms with E-state index in [0.717, 1.165) is 37.3 Å². The van der Waals surface area contributed by atoms with E-state index < -0.39 is 5.82 Å². The first kappa shape index (κ1) is 14.5. The molecule has 1 amide bonds. The molecule has 0 bridgehead atoms. The third-order valence-corrected chi connectivity index (χ3v) is 3.39. The average Bonchev–Trinajstić information content (AvgIpc) is 2.46. The van der Waals surface area contributed by atoms with Crippen LogP contribution in [0.1, 0.15) is 32.6 Å². The number of hydrogen-bond acceptors (Lipinski definition) is 3. The zero-order chi connectivity index (χ0) is 14.4. The summed E-state index contributed by atoms with van der Waals surface area (Å²) in [5, 5.41) is 4.10. The van der Waals surface area contributed by atoms with Gasteiger partial charge in [0.1, 0.15) is 0 Å².